The third kappa shape index (κ3) is 7.07. The van der Waals surface area contributed by atoms with Gasteiger partial charge in [-0.25, -0.2) is 0 Å². The maximum Gasteiger partial charge on any atom is 4.00 e. The second kappa shape index (κ2) is 14.6. The van der Waals surface area contributed by atoms with Crippen molar-refractivity contribution in [1.82, 2.24) is 0 Å². The first-order chi connectivity index (χ1) is 20.9. The predicted octanol–water partition coefficient (Wildman–Crippen LogP) is 13.5. The molecular formula is C46H54Hf. The Hall–Kier alpha value is -3.03. The fourth-order valence-corrected chi connectivity index (χ4v) is 7.33. The van der Waals surface area contributed by atoms with E-state index in [-0.39, 0.29) is 57.4 Å². The summed E-state index contributed by atoms with van der Waals surface area (Å²) >= 11 is 0. The first-order valence-corrected chi connectivity index (χ1v) is 16.6. The van der Waals surface area contributed by atoms with Gasteiger partial charge in [0, 0.05) is 0 Å². The largest absolute Gasteiger partial charge is 4.00 e. The molecule has 47 heavy (non-hydrogen) atoms. The van der Waals surface area contributed by atoms with E-state index in [0.717, 1.165) is 12.8 Å². The maximum absolute atomic E-state index is 2.46. The maximum atomic E-state index is 2.46. The Labute approximate surface area is 305 Å². The topological polar surface area (TPSA) is 0 Å². The van der Waals surface area contributed by atoms with Gasteiger partial charge in [0.05, 0.1) is 0 Å². The molecule has 6 aromatic rings. The molecule has 0 aliphatic heterocycles. The summed E-state index contributed by atoms with van der Waals surface area (Å²) in [6.45, 7) is 20.8. The quantitative estimate of drug-likeness (QED) is 0.117. The van der Waals surface area contributed by atoms with Gasteiger partial charge >= 0.3 is 25.8 Å². The monoisotopic (exact) mass is 786 g/mol. The molecule has 0 nitrogen and oxygen atoms in total. The number of rotatable bonds is 6. The van der Waals surface area contributed by atoms with Gasteiger partial charge in [-0.15, -0.1) is 69.1 Å². The molecule has 1 heteroatoms. The van der Waals surface area contributed by atoms with Gasteiger partial charge in [-0.05, 0) is 45.9 Å². The van der Waals surface area contributed by atoms with Crippen molar-refractivity contribution < 1.29 is 25.8 Å². The molecule has 0 aliphatic rings. The van der Waals surface area contributed by atoms with Crippen molar-refractivity contribution in [2.45, 2.75) is 91.9 Å². The summed E-state index contributed by atoms with van der Waals surface area (Å²) in [5, 5.41) is 5.55. The smallest absolute Gasteiger partial charge is 0.358 e. The number of fused-ring (bicyclic) bond motifs is 2. The number of hydrogen-bond acceptors (Lipinski definition) is 0. The Balaban J connectivity index is 0.00000200. The van der Waals surface area contributed by atoms with E-state index in [4.69, 9.17) is 0 Å². The van der Waals surface area contributed by atoms with Crippen molar-refractivity contribution >= 4 is 21.5 Å². The van der Waals surface area contributed by atoms with Crippen molar-refractivity contribution in [3.05, 3.63) is 145 Å². The fraction of sp³-hybridized carbons (Fsp3) is 0.304. The Morgan fingerprint density at radius 2 is 0.872 bits per heavy atom. The number of aryl methyl sites for hydroxylation is 2. The molecule has 0 spiro atoms. The van der Waals surface area contributed by atoms with Crippen LogP contribution < -0.4 is 0 Å². The van der Waals surface area contributed by atoms with Crippen LogP contribution >= 0.6 is 0 Å². The average molecular weight is 785 g/mol. The van der Waals surface area contributed by atoms with E-state index in [9.17, 15) is 0 Å². The number of hydrogen-bond donors (Lipinski definition) is 0. The molecular weight excluding hydrogens is 731 g/mol. The van der Waals surface area contributed by atoms with Gasteiger partial charge in [0.1, 0.15) is 0 Å². The number of benzene rings is 4. The summed E-state index contributed by atoms with van der Waals surface area (Å²) in [6.07, 6.45) is 2.05. The molecule has 0 aromatic heterocycles. The summed E-state index contributed by atoms with van der Waals surface area (Å²) in [7, 11) is 0. The minimum atomic E-state index is 0. The molecule has 6 aromatic carbocycles. The van der Waals surface area contributed by atoms with E-state index in [1.807, 2.05) is 0 Å². The zero-order valence-corrected chi connectivity index (χ0v) is 34.3. The minimum Gasteiger partial charge on any atom is -0.358 e. The van der Waals surface area contributed by atoms with Crippen molar-refractivity contribution in [3.63, 3.8) is 0 Å². The molecule has 0 N–H and O–H groups in total. The Kier molecular flexibility index (Phi) is 11.9. The zero-order chi connectivity index (χ0) is 31.4. The summed E-state index contributed by atoms with van der Waals surface area (Å²) in [6, 6.07) is 37.2. The molecule has 0 aliphatic carbocycles. The molecule has 0 bridgehead atoms. The van der Waals surface area contributed by atoms with E-state index in [0.29, 0.717) is 0 Å². The van der Waals surface area contributed by atoms with Crippen LogP contribution in [0.1, 0.15) is 102 Å². The van der Waals surface area contributed by atoms with Gasteiger partial charge in [-0.1, -0.05) is 140 Å². The standard InChI is InChI=1S/C44H48.2CH3.Hf/c1-10-29-26-33-14-12-16-37(31-18-22-35(23-19-31)43(4,5)6)41(33)39(29)28(3)40-30(11-2)27-34-15-13-17-38(42(34)40)32-20-24-36(25-21-32)44(7,8)9;;;/h12-28H,10-11H2,1-9H3;2*1H3;/q-2;2*-1;+4. The Morgan fingerprint density at radius 3 is 1.17 bits per heavy atom. The SMILES string of the molecule is CCc1[cH-]c2cccc(-c3ccc(C(C)(C)C)cc3)c2c1C(C)c1c(CC)[cH-]c2cccc(-c3ccc(C(C)(C)C)cc3)c12.[CH3-].[CH3-].[Hf+4]. The molecule has 6 rings (SSSR count). The van der Waals surface area contributed by atoms with Gasteiger partial charge in [0.2, 0.25) is 0 Å². The van der Waals surface area contributed by atoms with Crippen LogP contribution in [0.2, 0.25) is 0 Å². The van der Waals surface area contributed by atoms with Crippen LogP contribution in [0, 0.1) is 14.9 Å². The van der Waals surface area contributed by atoms with E-state index < -0.39 is 0 Å². The molecule has 0 atom stereocenters. The third-order valence-corrected chi connectivity index (χ3v) is 9.84. The van der Waals surface area contributed by atoms with Crippen molar-refractivity contribution in [2.75, 3.05) is 0 Å². The van der Waals surface area contributed by atoms with Crippen molar-refractivity contribution in [3.8, 4) is 22.3 Å². The van der Waals surface area contributed by atoms with E-state index >= 15 is 0 Å². The molecule has 242 valence electrons. The first kappa shape index (κ1) is 38.4. The van der Waals surface area contributed by atoms with Crippen LogP contribution in [0.25, 0.3) is 43.8 Å². The van der Waals surface area contributed by atoms with Crippen molar-refractivity contribution in [1.29, 1.82) is 0 Å². The molecule has 0 saturated carbocycles. The van der Waals surface area contributed by atoms with E-state index in [1.165, 1.54) is 77.2 Å². The van der Waals surface area contributed by atoms with E-state index in [1.54, 1.807) is 0 Å². The molecule has 0 heterocycles. The van der Waals surface area contributed by atoms with Crippen LogP contribution in [0.3, 0.4) is 0 Å². The summed E-state index contributed by atoms with van der Waals surface area (Å²) < 4.78 is 0. The second-order valence-corrected chi connectivity index (χ2v) is 14.8. The van der Waals surface area contributed by atoms with Gasteiger partial charge in [-0.3, -0.25) is 0 Å². The van der Waals surface area contributed by atoms with Crippen LogP contribution in [0.5, 0.6) is 0 Å². The molecule has 0 unspecified atom stereocenters. The van der Waals surface area contributed by atoms with E-state index in [2.05, 4.69) is 159 Å². The zero-order valence-electron chi connectivity index (χ0n) is 30.7. The Bertz CT molecular complexity index is 1780. The molecule has 0 fully saturated rings. The normalized spacial score (nSPS) is 11.8. The third-order valence-electron chi connectivity index (χ3n) is 9.84. The molecule has 0 amide bonds. The minimum absolute atomic E-state index is 0. The van der Waals surface area contributed by atoms with Crippen LogP contribution in [0.15, 0.2) is 97.1 Å². The molecule has 0 radical (unpaired) electrons. The van der Waals surface area contributed by atoms with Crippen LogP contribution in [-0.2, 0) is 49.5 Å². The van der Waals surface area contributed by atoms with Crippen LogP contribution in [-0.4, -0.2) is 0 Å². The predicted molar refractivity (Wildman–Crippen MR) is 206 cm³/mol. The van der Waals surface area contributed by atoms with Gasteiger partial charge < -0.3 is 14.9 Å². The van der Waals surface area contributed by atoms with Crippen molar-refractivity contribution in [2.24, 2.45) is 0 Å². The van der Waals surface area contributed by atoms with Gasteiger partial charge in [0.15, 0.2) is 0 Å². The second-order valence-electron chi connectivity index (χ2n) is 14.8. The van der Waals surface area contributed by atoms with Crippen LogP contribution in [0.4, 0.5) is 0 Å². The Morgan fingerprint density at radius 1 is 0.532 bits per heavy atom. The molecule has 0 saturated heterocycles. The summed E-state index contributed by atoms with van der Waals surface area (Å²) in [5.41, 5.74) is 14.2. The summed E-state index contributed by atoms with van der Waals surface area (Å²) in [4.78, 5) is 0. The van der Waals surface area contributed by atoms with Gasteiger partial charge in [0.25, 0.3) is 0 Å². The van der Waals surface area contributed by atoms with Gasteiger partial charge in [-0.2, -0.15) is 11.1 Å². The first-order valence-electron chi connectivity index (χ1n) is 16.6. The summed E-state index contributed by atoms with van der Waals surface area (Å²) in [5.74, 6) is 0.264. The average Bonchev–Trinajstić information content (AvgIpc) is 3.58. The fourth-order valence-electron chi connectivity index (χ4n) is 7.33.